The van der Waals surface area contributed by atoms with Crippen molar-refractivity contribution in [1.82, 2.24) is 10.2 Å². The van der Waals surface area contributed by atoms with Gasteiger partial charge in [-0.1, -0.05) is 26.2 Å². The molecule has 0 spiro atoms. The molecule has 1 saturated carbocycles. The van der Waals surface area contributed by atoms with E-state index in [4.69, 9.17) is 8.85 Å². The lowest BCUT2D eigenvalue weighted by Crippen LogP contribution is -2.68. The normalized spacial score (nSPS) is 27.6. The third kappa shape index (κ3) is 3.05. The van der Waals surface area contributed by atoms with Crippen LogP contribution in [0, 0.1) is 0 Å². The van der Waals surface area contributed by atoms with Crippen molar-refractivity contribution in [2.45, 2.75) is 50.2 Å². The van der Waals surface area contributed by atoms with Gasteiger partial charge in [0, 0.05) is 39.4 Å². The van der Waals surface area contributed by atoms with Crippen LogP contribution in [0.1, 0.15) is 39.0 Å². The largest absolute Gasteiger partial charge is 0.397 e. The van der Waals surface area contributed by atoms with Gasteiger partial charge in [0.2, 0.25) is 0 Å². The van der Waals surface area contributed by atoms with Crippen LogP contribution in [-0.4, -0.2) is 59.5 Å². The predicted molar refractivity (Wildman–Crippen MR) is 80.5 cm³/mol. The number of hydrogen-bond acceptors (Lipinski definition) is 4. The zero-order chi connectivity index (χ0) is 13.7. The average Bonchev–Trinajstić information content (AvgIpc) is 2.51. The van der Waals surface area contributed by atoms with E-state index in [1.54, 1.807) is 0 Å². The quantitative estimate of drug-likeness (QED) is 0.783. The van der Waals surface area contributed by atoms with E-state index in [1.165, 1.54) is 32.1 Å². The third-order valence-corrected chi connectivity index (χ3v) is 9.53. The second kappa shape index (κ2) is 7.18. The lowest BCUT2D eigenvalue weighted by atomic mass is 10.0. The molecule has 0 aromatic rings. The van der Waals surface area contributed by atoms with Gasteiger partial charge in [0.1, 0.15) is 0 Å². The maximum absolute atomic E-state index is 6.13. The maximum atomic E-state index is 6.13. The molecule has 1 unspecified atom stereocenters. The summed E-state index contributed by atoms with van der Waals surface area (Å²) in [5.74, 6) is 0. The van der Waals surface area contributed by atoms with Gasteiger partial charge in [-0.15, -0.1) is 0 Å². The number of rotatable bonds is 5. The Hall–Kier alpha value is 0.0569. The summed E-state index contributed by atoms with van der Waals surface area (Å²) in [4.78, 5) is 2.57. The topological polar surface area (TPSA) is 33.7 Å². The summed E-state index contributed by atoms with van der Waals surface area (Å²) in [6.45, 7) is 6.59. The van der Waals surface area contributed by atoms with Crippen molar-refractivity contribution >= 4 is 8.56 Å². The molecule has 1 aliphatic carbocycles. The van der Waals surface area contributed by atoms with Crippen molar-refractivity contribution in [3.8, 4) is 0 Å². The van der Waals surface area contributed by atoms with E-state index >= 15 is 0 Å². The highest BCUT2D eigenvalue weighted by Gasteiger charge is 2.53. The molecule has 1 saturated heterocycles. The van der Waals surface area contributed by atoms with E-state index in [0.717, 1.165) is 26.2 Å². The fourth-order valence-electron chi connectivity index (χ4n) is 3.99. The van der Waals surface area contributed by atoms with Gasteiger partial charge in [0.15, 0.2) is 0 Å². The fourth-order valence-corrected chi connectivity index (χ4v) is 8.37. The molecule has 112 valence electrons. The molecule has 1 aliphatic heterocycles. The Balaban J connectivity index is 2.20. The van der Waals surface area contributed by atoms with Crippen LogP contribution in [0.3, 0.4) is 0 Å². The summed E-state index contributed by atoms with van der Waals surface area (Å²) in [6.07, 6.45) is 6.66. The van der Waals surface area contributed by atoms with E-state index in [2.05, 4.69) is 17.1 Å². The Morgan fingerprint density at radius 2 is 1.84 bits per heavy atom. The van der Waals surface area contributed by atoms with Crippen LogP contribution >= 0.6 is 0 Å². The van der Waals surface area contributed by atoms with E-state index < -0.39 is 8.56 Å². The monoisotopic (exact) mass is 286 g/mol. The fraction of sp³-hybridized carbons (Fsp3) is 1.00. The molecule has 19 heavy (non-hydrogen) atoms. The van der Waals surface area contributed by atoms with Gasteiger partial charge >= 0.3 is 8.56 Å². The highest BCUT2D eigenvalue weighted by molar-refractivity contribution is 6.70. The van der Waals surface area contributed by atoms with E-state index in [9.17, 15) is 0 Å². The van der Waals surface area contributed by atoms with Crippen molar-refractivity contribution in [2.24, 2.45) is 0 Å². The molecule has 5 heteroatoms. The maximum Gasteiger partial charge on any atom is 0.359 e. The molecule has 2 aliphatic rings. The molecule has 1 heterocycles. The van der Waals surface area contributed by atoms with E-state index in [-0.39, 0.29) is 0 Å². The molecular weight excluding hydrogens is 256 g/mol. The number of nitrogens with zero attached hydrogens (tertiary/aromatic N) is 1. The summed E-state index contributed by atoms with van der Waals surface area (Å²) in [7, 11) is 1.60. The van der Waals surface area contributed by atoms with Crippen LogP contribution in [0.2, 0.25) is 5.54 Å². The first-order valence-corrected chi connectivity index (χ1v) is 9.80. The van der Waals surface area contributed by atoms with Crippen molar-refractivity contribution in [1.29, 1.82) is 0 Å². The zero-order valence-corrected chi connectivity index (χ0v) is 13.8. The van der Waals surface area contributed by atoms with Crippen molar-refractivity contribution < 1.29 is 8.85 Å². The minimum Gasteiger partial charge on any atom is -0.397 e. The van der Waals surface area contributed by atoms with Gasteiger partial charge in [-0.25, -0.2) is 0 Å². The Morgan fingerprint density at radius 1 is 1.16 bits per heavy atom. The van der Waals surface area contributed by atoms with Crippen molar-refractivity contribution in [3.05, 3.63) is 0 Å². The Morgan fingerprint density at radius 3 is 2.42 bits per heavy atom. The molecule has 0 radical (unpaired) electrons. The molecule has 1 N–H and O–H groups in total. The Kier molecular flexibility index (Phi) is 5.83. The second-order valence-corrected chi connectivity index (χ2v) is 9.56. The van der Waals surface area contributed by atoms with Crippen molar-refractivity contribution in [2.75, 3.05) is 40.4 Å². The first-order chi connectivity index (χ1) is 9.28. The van der Waals surface area contributed by atoms with Gasteiger partial charge < -0.3 is 14.2 Å². The standard InChI is InChI=1S/C14H30N2O2Si/c1-4-16-11-10-15-12-14(16)19(17-2,18-3)13-8-6-5-7-9-13/h13-15H,4-12H2,1-3H3. The molecule has 4 nitrogen and oxygen atoms in total. The number of hydrogen-bond donors (Lipinski definition) is 1. The molecule has 2 rings (SSSR count). The first kappa shape index (κ1) is 15.4. The predicted octanol–water partition coefficient (Wildman–Crippen LogP) is 1.89. The summed E-state index contributed by atoms with van der Waals surface area (Å²) in [5, 5.41) is 3.55. The van der Waals surface area contributed by atoms with E-state index in [0.29, 0.717) is 11.2 Å². The average molecular weight is 286 g/mol. The van der Waals surface area contributed by atoms with Crippen LogP contribution in [0.5, 0.6) is 0 Å². The molecule has 2 fully saturated rings. The smallest absolute Gasteiger partial charge is 0.359 e. The van der Waals surface area contributed by atoms with Crippen LogP contribution in [0.4, 0.5) is 0 Å². The summed E-state index contributed by atoms with van der Waals surface area (Å²) < 4.78 is 12.3. The summed E-state index contributed by atoms with van der Waals surface area (Å²) in [6, 6.07) is 0. The number of piperazine rings is 1. The number of nitrogens with one attached hydrogen (secondary N) is 1. The van der Waals surface area contributed by atoms with Crippen LogP contribution in [-0.2, 0) is 8.85 Å². The van der Waals surface area contributed by atoms with Crippen LogP contribution in [0.25, 0.3) is 0 Å². The molecule has 0 aromatic heterocycles. The van der Waals surface area contributed by atoms with Crippen LogP contribution in [0.15, 0.2) is 0 Å². The van der Waals surface area contributed by atoms with Gasteiger partial charge in [0.05, 0.1) is 5.67 Å². The Bertz CT molecular complexity index is 268. The summed E-state index contributed by atoms with van der Waals surface area (Å²) >= 11 is 0. The van der Waals surface area contributed by atoms with Gasteiger partial charge in [-0.3, -0.25) is 4.90 Å². The van der Waals surface area contributed by atoms with Crippen LogP contribution < -0.4 is 5.32 Å². The molecule has 0 bridgehead atoms. The zero-order valence-electron chi connectivity index (χ0n) is 12.8. The van der Waals surface area contributed by atoms with E-state index in [1.807, 2.05) is 14.2 Å². The lowest BCUT2D eigenvalue weighted by Gasteiger charge is -2.48. The molecule has 1 atom stereocenters. The minimum absolute atomic E-state index is 0.462. The molecule has 0 amide bonds. The SMILES string of the molecule is CCN1CCNCC1[Si](OC)(OC)C1CCCCC1. The highest BCUT2D eigenvalue weighted by atomic mass is 28.4. The Labute approximate surface area is 119 Å². The minimum atomic E-state index is -2.16. The van der Waals surface area contributed by atoms with Gasteiger partial charge in [0.25, 0.3) is 0 Å². The van der Waals surface area contributed by atoms with Crippen molar-refractivity contribution in [3.63, 3.8) is 0 Å². The molecule has 0 aromatic carbocycles. The number of likely N-dealkylation sites (N-methyl/N-ethyl adjacent to an activating group) is 1. The van der Waals surface area contributed by atoms with Gasteiger partial charge in [-0.05, 0) is 19.4 Å². The molecular formula is C14H30N2O2Si. The second-order valence-electron chi connectivity index (χ2n) is 5.81. The summed E-state index contributed by atoms with van der Waals surface area (Å²) in [5.41, 5.74) is 1.12. The lowest BCUT2D eigenvalue weighted by molar-refractivity contribution is 0.129. The highest BCUT2D eigenvalue weighted by Crippen LogP contribution is 2.40. The van der Waals surface area contributed by atoms with Gasteiger partial charge in [-0.2, -0.15) is 0 Å². The first-order valence-electron chi connectivity index (χ1n) is 7.83. The third-order valence-electron chi connectivity index (χ3n) is 5.04.